The number of aromatic nitrogens is 1. The van der Waals surface area contributed by atoms with E-state index in [0.29, 0.717) is 36.8 Å². The summed E-state index contributed by atoms with van der Waals surface area (Å²) in [6, 6.07) is 3.19. The highest BCUT2D eigenvalue weighted by Gasteiger charge is 2.15. The molecule has 0 fully saturated rings. The van der Waals surface area contributed by atoms with E-state index in [2.05, 4.69) is 24.1 Å². The van der Waals surface area contributed by atoms with Crippen LogP contribution in [0.25, 0.3) is 0 Å². The fraction of sp³-hybridized carbons (Fsp3) is 0.562. The van der Waals surface area contributed by atoms with Crippen molar-refractivity contribution in [2.45, 2.75) is 34.1 Å². The van der Waals surface area contributed by atoms with E-state index in [0.717, 1.165) is 6.42 Å². The Morgan fingerprint density at radius 1 is 1.29 bits per heavy atom. The molecule has 1 aromatic rings. The number of carbonyl (C=O) groups excluding carboxylic acids is 2. The van der Waals surface area contributed by atoms with Gasteiger partial charge in [-0.3, -0.25) is 14.6 Å². The monoisotopic (exact) mass is 291 g/mol. The predicted molar refractivity (Wildman–Crippen MR) is 83.3 cm³/mol. The van der Waals surface area contributed by atoms with Crippen LogP contribution in [0.15, 0.2) is 18.3 Å². The molecule has 5 heteroatoms. The topological polar surface area (TPSA) is 62.3 Å². The van der Waals surface area contributed by atoms with Gasteiger partial charge >= 0.3 is 0 Å². The van der Waals surface area contributed by atoms with Crippen molar-refractivity contribution in [1.29, 1.82) is 0 Å². The highest BCUT2D eigenvalue weighted by atomic mass is 16.2. The van der Waals surface area contributed by atoms with Crippen LogP contribution in [0.4, 0.5) is 0 Å². The molecule has 1 rings (SSSR count). The number of nitrogens with one attached hydrogen (secondary N) is 1. The summed E-state index contributed by atoms with van der Waals surface area (Å²) < 4.78 is 0. The molecule has 2 amide bonds. The molecule has 0 spiro atoms. The molecular weight excluding hydrogens is 266 g/mol. The number of nitrogens with zero attached hydrogens (tertiary/aromatic N) is 2. The molecule has 0 bridgehead atoms. The Morgan fingerprint density at radius 3 is 2.52 bits per heavy atom. The van der Waals surface area contributed by atoms with Gasteiger partial charge in [-0.15, -0.1) is 0 Å². The average Bonchev–Trinajstić information content (AvgIpc) is 2.48. The van der Waals surface area contributed by atoms with Gasteiger partial charge in [0.1, 0.15) is 5.69 Å². The third-order valence-electron chi connectivity index (χ3n) is 3.30. The molecule has 0 saturated carbocycles. The van der Waals surface area contributed by atoms with Gasteiger partial charge in [-0.05, 0) is 38.3 Å². The molecule has 0 atom stereocenters. The highest BCUT2D eigenvalue weighted by Crippen LogP contribution is 2.06. The van der Waals surface area contributed by atoms with E-state index < -0.39 is 0 Å². The number of amides is 2. The van der Waals surface area contributed by atoms with Crippen LogP contribution in [0.2, 0.25) is 0 Å². The zero-order chi connectivity index (χ0) is 15.8. The van der Waals surface area contributed by atoms with Gasteiger partial charge in [-0.2, -0.15) is 0 Å². The number of rotatable bonds is 7. The summed E-state index contributed by atoms with van der Waals surface area (Å²) in [5.41, 5.74) is 0.791. The molecule has 0 aliphatic heterocycles. The molecule has 0 radical (unpaired) electrons. The second kappa shape index (κ2) is 8.39. The third-order valence-corrected chi connectivity index (χ3v) is 3.30. The first-order valence-electron chi connectivity index (χ1n) is 7.53. The molecule has 0 aliphatic carbocycles. The normalized spacial score (nSPS) is 10.5. The van der Waals surface area contributed by atoms with E-state index >= 15 is 0 Å². The van der Waals surface area contributed by atoms with Crippen molar-refractivity contribution in [1.82, 2.24) is 15.2 Å². The van der Waals surface area contributed by atoms with Gasteiger partial charge in [0.2, 0.25) is 0 Å². The summed E-state index contributed by atoms with van der Waals surface area (Å²) in [6.45, 7) is 9.95. The Morgan fingerprint density at radius 2 is 1.95 bits per heavy atom. The first-order chi connectivity index (χ1) is 9.99. The smallest absolute Gasteiger partial charge is 0.272 e. The Hall–Kier alpha value is -1.91. The van der Waals surface area contributed by atoms with Gasteiger partial charge in [0.15, 0.2) is 0 Å². The van der Waals surface area contributed by atoms with Crippen LogP contribution in [0.1, 0.15) is 55.0 Å². The lowest BCUT2D eigenvalue weighted by Crippen LogP contribution is -2.31. The molecule has 116 valence electrons. The van der Waals surface area contributed by atoms with E-state index in [1.54, 1.807) is 17.0 Å². The van der Waals surface area contributed by atoms with Crippen LogP contribution in [0.5, 0.6) is 0 Å². The van der Waals surface area contributed by atoms with E-state index in [4.69, 9.17) is 0 Å². The molecular formula is C16H25N3O2. The first-order valence-corrected chi connectivity index (χ1v) is 7.53. The van der Waals surface area contributed by atoms with Crippen LogP contribution < -0.4 is 5.32 Å². The zero-order valence-electron chi connectivity index (χ0n) is 13.3. The summed E-state index contributed by atoms with van der Waals surface area (Å²) in [5.74, 6) is 0.242. The maximum absolute atomic E-state index is 12.2. The molecule has 0 unspecified atom stereocenters. The van der Waals surface area contributed by atoms with Crippen molar-refractivity contribution in [3.8, 4) is 0 Å². The molecule has 1 heterocycles. The van der Waals surface area contributed by atoms with Crippen LogP contribution in [-0.2, 0) is 0 Å². The summed E-state index contributed by atoms with van der Waals surface area (Å²) in [6.07, 6.45) is 2.44. The highest BCUT2D eigenvalue weighted by molar-refractivity contribution is 5.98. The predicted octanol–water partition coefficient (Wildman–Crippen LogP) is 2.34. The Balaban J connectivity index is 2.76. The van der Waals surface area contributed by atoms with Gasteiger partial charge in [0.25, 0.3) is 11.8 Å². The lowest BCUT2D eigenvalue weighted by atomic mass is 10.1. The second-order valence-corrected chi connectivity index (χ2v) is 5.35. The summed E-state index contributed by atoms with van der Waals surface area (Å²) in [7, 11) is 0. The standard InChI is InChI=1S/C16H25N3O2/c1-5-19(6-2)16(21)14-11-13(8-10-17-14)15(20)18-9-7-12(3)4/h8,10-12H,5-7,9H2,1-4H3,(H,18,20). The van der Waals surface area contributed by atoms with Gasteiger partial charge in [-0.1, -0.05) is 13.8 Å². The van der Waals surface area contributed by atoms with E-state index in [9.17, 15) is 9.59 Å². The van der Waals surface area contributed by atoms with Crippen LogP contribution in [0.3, 0.4) is 0 Å². The van der Waals surface area contributed by atoms with Gasteiger partial charge in [0.05, 0.1) is 0 Å². The number of hydrogen-bond donors (Lipinski definition) is 1. The van der Waals surface area contributed by atoms with Crippen molar-refractivity contribution in [2.75, 3.05) is 19.6 Å². The van der Waals surface area contributed by atoms with E-state index in [1.165, 1.54) is 6.20 Å². The molecule has 1 aromatic heterocycles. The minimum absolute atomic E-state index is 0.142. The fourth-order valence-corrected chi connectivity index (χ4v) is 1.94. The van der Waals surface area contributed by atoms with Gasteiger partial charge < -0.3 is 10.2 Å². The van der Waals surface area contributed by atoms with Crippen molar-refractivity contribution in [3.63, 3.8) is 0 Å². The molecule has 0 aromatic carbocycles. The maximum atomic E-state index is 12.2. The molecule has 21 heavy (non-hydrogen) atoms. The van der Waals surface area contributed by atoms with Gasteiger partial charge in [-0.25, -0.2) is 0 Å². The SMILES string of the molecule is CCN(CC)C(=O)c1cc(C(=O)NCCC(C)C)ccn1. The van der Waals surface area contributed by atoms with Gasteiger partial charge in [0, 0.05) is 31.4 Å². The molecule has 0 saturated heterocycles. The van der Waals surface area contributed by atoms with E-state index in [-0.39, 0.29) is 11.8 Å². The quantitative estimate of drug-likeness (QED) is 0.838. The fourth-order valence-electron chi connectivity index (χ4n) is 1.94. The van der Waals surface area contributed by atoms with Crippen molar-refractivity contribution >= 4 is 11.8 Å². The second-order valence-electron chi connectivity index (χ2n) is 5.35. The Bertz CT molecular complexity index is 482. The number of pyridine rings is 1. The summed E-state index contributed by atoms with van der Waals surface area (Å²) >= 11 is 0. The maximum Gasteiger partial charge on any atom is 0.272 e. The van der Waals surface area contributed by atoms with Crippen LogP contribution in [-0.4, -0.2) is 41.3 Å². The third kappa shape index (κ3) is 5.17. The number of hydrogen-bond acceptors (Lipinski definition) is 3. The lowest BCUT2D eigenvalue weighted by Gasteiger charge is -2.18. The largest absolute Gasteiger partial charge is 0.352 e. The van der Waals surface area contributed by atoms with Crippen molar-refractivity contribution in [3.05, 3.63) is 29.6 Å². The molecule has 1 N–H and O–H groups in total. The van der Waals surface area contributed by atoms with Crippen LogP contribution >= 0.6 is 0 Å². The minimum Gasteiger partial charge on any atom is -0.352 e. The zero-order valence-corrected chi connectivity index (χ0v) is 13.3. The Kier molecular flexibility index (Phi) is 6.85. The number of carbonyl (C=O) groups is 2. The average molecular weight is 291 g/mol. The molecule has 0 aliphatic rings. The first kappa shape index (κ1) is 17.1. The van der Waals surface area contributed by atoms with Crippen molar-refractivity contribution in [2.24, 2.45) is 5.92 Å². The lowest BCUT2D eigenvalue weighted by molar-refractivity contribution is 0.0767. The van der Waals surface area contributed by atoms with E-state index in [1.807, 2.05) is 13.8 Å². The molecule has 5 nitrogen and oxygen atoms in total. The Labute approximate surface area is 126 Å². The summed E-state index contributed by atoms with van der Waals surface area (Å²) in [5, 5.41) is 2.86. The van der Waals surface area contributed by atoms with Crippen molar-refractivity contribution < 1.29 is 9.59 Å². The summed E-state index contributed by atoms with van der Waals surface area (Å²) in [4.78, 5) is 30.0. The minimum atomic E-state index is -0.161. The van der Waals surface area contributed by atoms with Crippen LogP contribution in [0, 0.1) is 5.92 Å².